The van der Waals surface area contributed by atoms with Crippen LogP contribution in [-0.2, 0) is 25.8 Å². The highest BCUT2D eigenvalue weighted by Crippen LogP contribution is 2.30. The average molecular weight is 542 g/mol. The number of aliphatic hydroxyl groups is 1. The summed E-state index contributed by atoms with van der Waals surface area (Å²) in [6, 6.07) is 9.05. The number of amides is 2. The minimum atomic E-state index is -4.83. The number of nitrogens with zero attached hydrogens (tertiary/aromatic N) is 2. The number of alkyl halides is 3. The van der Waals surface area contributed by atoms with Gasteiger partial charge in [-0.3, -0.25) is 14.5 Å². The van der Waals surface area contributed by atoms with E-state index in [1.807, 2.05) is 4.90 Å². The topological polar surface area (TPSA) is 116 Å². The summed E-state index contributed by atoms with van der Waals surface area (Å²) in [4.78, 5) is 28.4. The number of aliphatic hydroxyl groups excluding tert-OH is 1. The van der Waals surface area contributed by atoms with E-state index in [9.17, 15) is 36.3 Å². The number of β-amino-alcohol motifs (C(OH)–C–C–N with tert-alkyl or cyclic N) is 1. The number of likely N-dealkylation sites (N-methyl/N-ethyl adjacent to an activating group) is 1. The Hall–Kier alpha value is -3.16. The molecule has 9 nitrogen and oxygen atoms in total. The molecule has 2 N–H and O–H groups in total. The van der Waals surface area contributed by atoms with Gasteiger partial charge >= 0.3 is 6.36 Å². The van der Waals surface area contributed by atoms with Crippen molar-refractivity contribution < 1.29 is 41.0 Å². The summed E-state index contributed by atoms with van der Waals surface area (Å²) in [7, 11) is -2.18. The molecule has 2 heterocycles. The number of nitrogens with one attached hydrogen (secondary N) is 1. The molecule has 37 heavy (non-hydrogen) atoms. The van der Waals surface area contributed by atoms with Gasteiger partial charge in [-0.25, -0.2) is 8.42 Å². The third-order valence-corrected chi connectivity index (χ3v) is 8.04. The van der Waals surface area contributed by atoms with Crippen LogP contribution >= 0.6 is 0 Å². The van der Waals surface area contributed by atoms with Crippen molar-refractivity contribution in [1.82, 2.24) is 9.80 Å². The highest BCUT2D eigenvalue weighted by atomic mass is 32.2. The highest BCUT2D eigenvalue weighted by Gasteiger charge is 2.32. The first kappa shape index (κ1) is 26.9. The monoisotopic (exact) mass is 541 g/mol. The summed E-state index contributed by atoms with van der Waals surface area (Å²) < 4.78 is 66.1. The maximum atomic E-state index is 13.3. The van der Waals surface area contributed by atoms with Gasteiger partial charge in [0, 0.05) is 26.7 Å². The van der Waals surface area contributed by atoms with E-state index in [0.717, 1.165) is 0 Å². The van der Waals surface area contributed by atoms with Crippen molar-refractivity contribution >= 4 is 27.3 Å². The molecule has 2 aromatic carbocycles. The standard InChI is InChI=1S/C24H26F3N3O6S/c1-29(23(33)11-15-2-7-21-19(10-15)28-22(32)14-37(21,34)35)20(13-30-9-8-17(31)12-30)16-3-5-18(6-4-16)36-24(25,26)27/h2-7,10,17,20,31H,8-9,11-14H2,1H3,(H,28,32)/t17-,20+/m0/s1. The fraction of sp³-hybridized carbons (Fsp3) is 0.417. The number of halogens is 3. The van der Waals surface area contributed by atoms with E-state index in [0.29, 0.717) is 37.2 Å². The number of rotatable bonds is 7. The molecule has 2 aliphatic rings. The average Bonchev–Trinajstić information content (AvgIpc) is 3.20. The molecule has 13 heteroatoms. The van der Waals surface area contributed by atoms with Gasteiger partial charge < -0.3 is 20.1 Å². The SMILES string of the molecule is CN(C(=O)Cc1ccc2c(c1)NC(=O)CS2(=O)=O)[C@H](CN1CC[C@H](O)C1)c1ccc(OC(F)(F)F)cc1. The minimum Gasteiger partial charge on any atom is -0.406 e. The Kier molecular flexibility index (Phi) is 7.49. The van der Waals surface area contributed by atoms with Crippen LogP contribution in [0, 0.1) is 0 Å². The van der Waals surface area contributed by atoms with Crippen LogP contribution in [-0.4, -0.2) is 80.0 Å². The molecule has 2 aromatic rings. The third kappa shape index (κ3) is 6.59. The van der Waals surface area contributed by atoms with E-state index >= 15 is 0 Å². The Morgan fingerprint density at radius 1 is 1.24 bits per heavy atom. The Morgan fingerprint density at radius 3 is 2.57 bits per heavy atom. The van der Waals surface area contributed by atoms with Gasteiger partial charge in [0.05, 0.1) is 29.1 Å². The number of anilines is 1. The maximum absolute atomic E-state index is 13.3. The van der Waals surface area contributed by atoms with Crippen LogP contribution in [0.2, 0.25) is 0 Å². The predicted octanol–water partition coefficient (Wildman–Crippen LogP) is 2.12. The van der Waals surface area contributed by atoms with E-state index in [2.05, 4.69) is 10.1 Å². The Bertz CT molecular complexity index is 1280. The molecule has 4 rings (SSSR count). The zero-order valence-electron chi connectivity index (χ0n) is 19.9. The van der Waals surface area contributed by atoms with Gasteiger partial charge in [-0.15, -0.1) is 13.2 Å². The number of carbonyl (C=O) groups is 2. The van der Waals surface area contributed by atoms with E-state index in [1.54, 1.807) is 7.05 Å². The second-order valence-corrected chi connectivity index (χ2v) is 11.1. The zero-order chi connectivity index (χ0) is 27.0. The maximum Gasteiger partial charge on any atom is 0.573 e. The van der Waals surface area contributed by atoms with Crippen molar-refractivity contribution in [2.75, 3.05) is 37.8 Å². The molecule has 0 spiro atoms. The molecule has 0 bridgehead atoms. The quantitative estimate of drug-likeness (QED) is 0.552. The van der Waals surface area contributed by atoms with Crippen molar-refractivity contribution in [1.29, 1.82) is 0 Å². The van der Waals surface area contributed by atoms with Crippen LogP contribution in [0.15, 0.2) is 47.4 Å². The molecule has 2 aliphatic heterocycles. The summed E-state index contributed by atoms with van der Waals surface area (Å²) in [6.07, 6.45) is -4.85. The van der Waals surface area contributed by atoms with Crippen LogP contribution < -0.4 is 10.1 Å². The highest BCUT2D eigenvalue weighted by molar-refractivity contribution is 7.92. The number of sulfone groups is 1. The minimum absolute atomic E-state index is 0.0108. The van der Waals surface area contributed by atoms with Crippen LogP contribution in [0.1, 0.15) is 23.6 Å². The van der Waals surface area contributed by atoms with E-state index in [1.165, 1.54) is 47.4 Å². The largest absolute Gasteiger partial charge is 0.573 e. The number of likely N-dealkylation sites (tertiary alicyclic amines) is 1. The van der Waals surface area contributed by atoms with Gasteiger partial charge in [-0.2, -0.15) is 0 Å². The summed E-state index contributed by atoms with van der Waals surface area (Å²) >= 11 is 0. The van der Waals surface area contributed by atoms with E-state index in [4.69, 9.17) is 0 Å². The van der Waals surface area contributed by atoms with Crippen LogP contribution in [0.3, 0.4) is 0 Å². The summed E-state index contributed by atoms with van der Waals surface area (Å²) in [5.41, 5.74) is 1.18. The summed E-state index contributed by atoms with van der Waals surface area (Å²) in [6.45, 7) is 1.36. The number of carbonyl (C=O) groups excluding carboxylic acids is 2. The molecular formula is C24H26F3N3O6S. The Labute approximate surface area is 211 Å². The number of ether oxygens (including phenoxy) is 1. The first-order chi connectivity index (χ1) is 17.3. The second-order valence-electron chi connectivity index (χ2n) is 9.15. The molecular weight excluding hydrogens is 515 g/mol. The zero-order valence-corrected chi connectivity index (χ0v) is 20.7. The van der Waals surface area contributed by atoms with Crippen LogP contribution in [0.5, 0.6) is 5.75 Å². The number of benzene rings is 2. The molecule has 1 saturated heterocycles. The van der Waals surface area contributed by atoms with Crippen molar-refractivity contribution in [3.8, 4) is 5.75 Å². The van der Waals surface area contributed by atoms with Crippen molar-refractivity contribution in [2.24, 2.45) is 0 Å². The van der Waals surface area contributed by atoms with Gasteiger partial charge in [0.25, 0.3) is 0 Å². The molecule has 0 saturated carbocycles. The lowest BCUT2D eigenvalue weighted by molar-refractivity contribution is -0.274. The van der Waals surface area contributed by atoms with Crippen molar-refractivity contribution in [3.63, 3.8) is 0 Å². The molecule has 2 amide bonds. The first-order valence-electron chi connectivity index (χ1n) is 11.5. The van der Waals surface area contributed by atoms with E-state index in [-0.39, 0.29) is 28.7 Å². The van der Waals surface area contributed by atoms with Gasteiger partial charge in [-0.1, -0.05) is 18.2 Å². The molecule has 200 valence electrons. The van der Waals surface area contributed by atoms with Gasteiger partial charge in [0.1, 0.15) is 11.5 Å². The molecule has 0 radical (unpaired) electrons. The Balaban J connectivity index is 1.54. The molecule has 2 atom stereocenters. The predicted molar refractivity (Wildman–Crippen MR) is 127 cm³/mol. The number of fused-ring (bicyclic) bond motifs is 1. The molecule has 1 fully saturated rings. The molecule has 0 unspecified atom stereocenters. The Morgan fingerprint density at radius 2 is 1.95 bits per heavy atom. The number of hydrogen-bond acceptors (Lipinski definition) is 7. The third-order valence-electron chi connectivity index (χ3n) is 6.37. The van der Waals surface area contributed by atoms with Gasteiger partial charge in [0.2, 0.25) is 11.8 Å². The first-order valence-corrected chi connectivity index (χ1v) is 13.1. The smallest absolute Gasteiger partial charge is 0.406 e. The summed E-state index contributed by atoms with van der Waals surface area (Å²) in [5, 5.41) is 12.4. The fourth-order valence-electron chi connectivity index (χ4n) is 4.53. The lowest BCUT2D eigenvalue weighted by Crippen LogP contribution is -2.39. The van der Waals surface area contributed by atoms with Gasteiger partial charge in [0.15, 0.2) is 9.84 Å². The van der Waals surface area contributed by atoms with Crippen molar-refractivity contribution in [3.05, 3.63) is 53.6 Å². The van der Waals surface area contributed by atoms with Crippen molar-refractivity contribution in [2.45, 2.75) is 36.2 Å². The second kappa shape index (κ2) is 10.3. The molecule has 0 aromatic heterocycles. The lowest BCUT2D eigenvalue weighted by Gasteiger charge is -2.32. The number of hydrogen-bond donors (Lipinski definition) is 2. The van der Waals surface area contributed by atoms with Gasteiger partial charge in [-0.05, 0) is 41.8 Å². The summed E-state index contributed by atoms with van der Waals surface area (Å²) in [5.74, 6) is -2.00. The van der Waals surface area contributed by atoms with Crippen LogP contribution in [0.4, 0.5) is 18.9 Å². The fourth-order valence-corrected chi connectivity index (χ4v) is 5.82. The van der Waals surface area contributed by atoms with Crippen LogP contribution in [0.25, 0.3) is 0 Å². The molecule has 0 aliphatic carbocycles. The lowest BCUT2D eigenvalue weighted by atomic mass is 10.0. The normalized spacial score (nSPS) is 20.1. The van der Waals surface area contributed by atoms with E-state index < -0.39 is 40.0 Å².